The Morgan fingerprint density at radius 1 is 1.10 bits per heavy atom. The maximum atomic E-state index is 14.3. The van der Waals surface area contributed by atoms with Crippen LogP contribution in [0.3, 0.4) is 0 Å². The van der Waals surface area contributed by atoms with Crippen LogP contribution in [0.5, 0.6) is 0 Å². The van der Waals surface area contributed by atoms with E-state index in [1.54, 1.807) is 7.05 Å². The van der Waals surface area contributed by atoms with E-state index in [0.29, 0.717) is 31.3 Å². The fraction of sp³-hybridized carbons (Fsp3) is 0.424. The van der Waals surface area contributed by atoms with E-state index in [1.165, 1.54) is 17.0 Å². The molecule has 0 spiro atoms. The summed E-state index contributed by atoms with van der Waals surface area (Å²) in [4.78, 5) is 90.1. The van der Waals surface area contributed by atoms with Gasteiger partial charge in [0, 0.05) is 36.5 Å². The maximum Gasteiger partial charge on any atom is 0.389 e. The molecule has 2 aromatic carbocycles. The number of primary amides is 1. The molecule has 8 N–H and O–H groups in total. The van der Waals surface area contributed by atoms with Gasteiger partial charge in [0.1, 0.15) is 23.8 Å². The van der Waals surface area contributed by atoms with Crippen LogP contribution in [0.15, 0.2) is 54.6 Å². The van der Waals surface area contributed by atoms with Gasteiger partial charge in [0.05, 0.1) is 5.56 Å². The number of H-pyrrole nitrogens is 1. The van der Waals surface area contributed by atoms with Crippen molar-refractivity contribution >= 4 is 49.0 Å². The summed E-state index contributed by atoms with van der Waals surface area (Å²) in [6, 6.07) is 10.3. The molecule has 2 fully saturated rings. The van der Waals surface area contributed by atoms with Crippen molar-refractivity contribution in [3.05, 3.63) is 71.4 Å². The molecule has 18 heteroatoms. The number of fused-ring (bicyclic) bond motifs is 2. The number of carbonyl (C=O) groups excluding carboxylic acids is 5. The standard InChI is InChI=1S/C33H40F2N7O8P/c1-41-14-13-22-8-11-27(31(46)39-24(10-12-28(36)43)29(44)37-17-19-5-3-2-4-6-19)42(22)32(47)26(18-41)40-30(45)25-16-20-15-21(7-9-23(20)38-25)33(34,35)50-51(48)49/h2-7,9,15-16,22,24,26-27,38,48-49H,8,10-14,17-18H2,1H3,(H2,36,43)(H,37,44)(H,39,46)(H,40,45)/t22-,24+,26+,27+/m1/s1. The lowest BCUT2D eigenvalue weighted by molar-refractivity contribution is -0.189. The van der Waals surface area contributed by atoms with Gasteiger partial charge in [-0.25, -0.2) is 4.52 Å². The number of rotatable bonds is 13. The summed E-state index contributed by atoms with van der Waals surface area (Å²) in [5, 5.41) is 8.43. The molecule has 0 saturated carbocycles. The molecule has 3 heterocycles. The number of benzene rings is 2. The summed E-state index contributed by atoms with van der Waals surface area (Å²) < 4.78 is 32.6. The topological polar surface area (TPSA) is 219 Å². The van der Waals surface area contributed by atoms with E-state index in [2.05, 4.69) is 25.5 Å². The monoisotopic (exact) mass is 731 g/mol. The molecule has 51 heavy (non-hydrogen) atoms. The van der Waals surface area contributed by atoms with E-state index in [-0.39, 0.29) is 43.1 Å². The SMILES string of the molecule is CN1CC[C@H]2CC[C@@H](C(=O)N[C@@H](CCC(N)=O)C(=O)NCc3ccccc3)N2C(=O)[C@@H](NC(=O)c2cc3cc(C(F)(F)OP(O)O)ccc3[nH]2)C1. The minimum Gasteiger partial charge on any atom is -0.370 e. The molecule has 4 atom stereocenters. The average molecular weight is 732 g/mol. The first kappa shape index (κ1) is 37.7. The van der Waals surface area contributed by atoms with E-state index in [0.717, 1.165) is 17.7 Å². The van der Waals surface area contributed by atoms with E-state index in [9.17, 15) is 32.8 Å². The van der Waals surface area contributed by atoms with E-state index in [4.69, 9.17) is 15.5 Å². The third kappa shape index (κ3) is 9.42. The summed E-state index contributed by atoms with van der Waals surface area (Å²) in [5.74, 6) is -2.92. The van der Waals surface area contributed by atoms with Gasteiger partial charge < -0.3 is 46.3 Å². The van der Waals surface area contributed by atoms with Gasteiger partial charge in [-0.1, -0.05) is 30.3 Å². The van der Waals surface area contributed by atoms with Crippen LogP contribution in [0.1, 0.15) is 53.7 Å². The lowest BCUT2D eigenvalue weighted by Crippen LogP contribution is -2.61. The molecule has 1 aromatic heterocycles. The van der Waals surface area contributed by atoms with Crippen molar-refractivity contribution in [2.45, 2.75) is 68.9 Å². The molecule has 2 aliphatic heterocycles. The highest BCUT2D eigenvalue weighted by molar-refractivity contribution is 7.39. The first-order valence-corrected chi connectivity index (χ1v) is 17.5. The smallest absolute Gasteiger partial charge is 0.370 e. The molecule has 3 aromatic rings. The number of amides is 5. The highest BCUT2D eigenvalue weighted by Crippen LogP contribution is 2.42. The van der Waals surface area contributed by atoms with Crippen LogP contribution in [0, 0.1) is 0 Å². The second kappa shape index (κ2) is 16.2. The molecule has 15 nitrogen and oxygen atoms in total. The van der Waals surface area contributed by atoms with Gasteiger partial charge in [-0.2, -0.15) is 8.78 Å². The van der Waals surface area contributed by atoms with Crippen LogP contribution in [-0.2, 0) is 36.4 Å². The van der Waals surface area contributed by atoms with Crippen molar-refractivity contribution in [2.75, 3.05) is 20.1 Å². The summed E-state index contributed by atoms with van der Waals surface area (Å²) in [7, 11) is -1.54. The van der Waals surface area contributed by atoms with Crippen molar-refractivity contribution in [1.82, 2.24) is 30.7 Å². The number of hydrogen-bond acceptors (Lipinski definition) is 9. The lowest BCUT2D eigenvalue weighted by Gasteiger charge is -2.37. The molecule has 0 bridgehead atoms. The predicted octanol–water partition coefficient (Wildman–Crippen LogP) is 1.31. The summed E-state index contributed by atoms with van der Waals surface area (Å²) in [5.41, 5.74) is 5.81. The molecular weight excluding hydrogens is 691 g/mol. The number of nitrogens with one attached hydrogen (secondary N) is 4. The van der Waals surface area contributed by atoms with Gasteiger partial charge in [-0.3, -0.25) is 24.0 Å². The Hall–Kier alpha value is -4.54. The number of nitrogens with zero attached hydrogens (tertiary/aromatic N) is 2. The highest BCUT2D eigenvalue weighted by Gasteiger charge is 2.45. The first-order valence-electron chi connectivity index (χ1n) is 16.3. The Kier molecular flexibility index (Phi) is 12.0. The molecular formula is C33H40F2N7O8P. The zero-order valence-electron chi connectivity index (χ0n) is 27.7. The second-order valence-corrected chi connectivity index (χ2v) is 13.4. The van der Waals surface area contributed by atoms with Crippen molar-refractivity contribution in [3.8, 4) is 0 Å². The van der Waals surface area contributed by atoms with Crippen LogP contribution in [0.2, 0.25) is 0 Å². The van der Waals surface area contributed by atoms with Gasteiger partial charge in [0.25, 0.3) is 5.91 Å². The normalized spacial score (nSPS) is 20.4. The van der Waals surface area contributed by atoms with Gasteiger partial charge in [-0.15, -0.1) is 0 Å². The van der Waals surface area contributed by atoms with Gasteiger partial charge in [0.2, 0.25) is 23.6 Å². The van der Waals surface area contributed by atoms with Crippen molar-refractivity contribution in [1.29, 1.82) is 0 Å². The molecule has 0 radical (unpaired) electrons. The number of nitrogens with two attached hydrogens (primary N) is 1. The zero-order chi connectivity index (χ0) is 36.9. The number of halogens is 2. The quantitative estimate of drug-likeness (QED) is 0.126. The van der Waals surface area contributed by atoms with Gasteiger partial charge in [-0.05, 0) is 69.1 Å². The predicted molar refractivity (Wildman–Crippen MR) is 180 cm³/mol. The van der Waals surface area contributed by atoms with Crippen LogP contribution in [-0.4, -0.2) is 98.4 Å². The first-order chi connectivity index (χ1) is 24.2. The summed E-state index contributed by atoms with van der Waals surface area (Å²) >= 11 is 0. The number of carbonyl (C=O) groups is 5. The Morgan fingerprint density at radius 3 is 2.55 bits per heavy atom. The Morgan fingerprint density at radius 2 is 1.84 bits per heavy atom. The average Bonchev–Trinajstić information content (AvgIpc) is 3.71. The van der Waals surface area contributed by atoms with Crippen LogP contribution in [0.4, 0.5) is 8.78 Å². The maximum absolute atomic E-state index is 14.3. The Bertz CT molecular complexity index is 1760. The zero-order valence-corrected chi connectivity index (χ0v) is 28.6. The van der Waals surface area contributed by atoms with Gasteiger partial charge >= 0.3 is 14.7 Å². The second-order valence-electron chi connectivity index (χ2n) is 12.7. The van der Waals surface area contributed by atoms with Crippen molar-refractivity contribution in [3.63, 3.8) is 0 Å². The van der Waals surface area contributed by atoms with Crippen molar-refractivity contribution < 1.29 is 47.1 Å². The molecule has 0 aliphatic carbocycles. The van der Waals surface area contributed by atoms with Crippen molar-refractivity contribution in [2.24, 2.45) is 5.73 Å². The van der Waals surface area contributed by atoms with Crippen LogP contribution in [0.25, 0.3) is 10.9 Å². The number of aromatic nitrogens is 1. The van der Waals surface area contributed by atoms with Crippen LogP contribution >= 0.6 is 8.60 Å². The summed E-state index contributed by atoms with van der Waals surface area (Å²) in [6.07, 6.45) is -2.80. The minimum atomic E-state index is -4.00. The fourth-order valence-electron chi connectivity index (χ4n) is 6.45. The largest absolute Gasteiger partial charge is 0.389 e. The van der Waals surface area contributed by atoms with E-state index in [1.807, 2.05) is 35.2 Å². The van der Waals surface area contributed by atoms with E-state index < -0.39 is 67.9 Å². The fourth-order valence-corrected chi connectivity index (χ4v) is 6.76. The number of hydrogen-bond donors (Lipinski definition) is 7. The number of alkyl halides is 2. The number of aromatic amines is 1. The molecule has 2 aliphatic rings. The molecule has 0 unspecified atom stereocenters. The Labute approximate surface area is 292 Å². The highest BCUT2D eigenvalue weighted by atomic mass is 31.2. The van der Waals surface area contributed by atoms with E-state index >= 15 is 0 Å². The minimum absolute atomic E-state index is 0.0264. The molecule has 5 amide bonds. The third-order valence-electron chi connectivity index (χ3n) is 9.02. The van der Waals surface area contributed by atoms with Crippen LogP contribution < -0.4 is 21.7 Å². The molecule has 5 rings (SSSR count). The third-order valence-corrected chi connectivity index (χ3v) is 9.41. The van der Waals surface area contributed by atoms with Gasteiger partial charge in [0.15, 0.2) is 0 Å². The Balaban J connectivity index is 1.30. The number of likely N-dealkylation sites (N-methyl/N-ethyl adjacent to an activating group) is 1. The molecule has 274 valence electrons. The summed E-state index contributed by atoms with van der Waals surface area (Å²) in [6.45, 7) is 0.874. The molecule has 2 saturated heterocycles. The lowest BCUT2D eigenvalue weighted by atomic mass is 10.1.